The highest BCUT2D eigenvalue weighted by atomic mass is 19.1. The van der Waals surface area contributed by atoms with Crippen molar-refractivity contribution in [1.82, 2.24) is 24.8 Å². The predicted octanol–water partition coefficient (Wildman–Crippen LogP) is 4.15. The third kappa shape index (κ3) is 4.03. The SMILES string of the molecule is CN(Cc1ccccc1)c1c(C(=O)Nc2ccc(F)cc2)nn2c(-c3cn[nH]c3)ccnc12. The summed E-state index contributed by atoms with van der Waals surface area (Å²) in [7, 11) is 1.89. The normalized spacial score (nSPS) is 11.0. The fourth-order valence-electron chi connectivity index (χ4n) is 3.71. The van der Waals surface area contributed by atoms with Crippen LogP contribution in [0.1, 0.15) is 16.1 Å². The molecule has 9 heteroatoms. The smallest absolute Gasteiger partial charge is 0.278 e. The number of carbonyl (C=O) groups is 1. The van der Waals surface area contributed by atoms with Gasteiger partial charge in [-0.2, -0.15) is 10.2 Å². The number of anilines is 2. The molecule has 33 heavy (non-hydrogen) atoms. The molecular formula is C24H20FN7O. The van der Waals surface area contributed by atoms with Gasteiger partial charge in [0, 0.05) is 37.2 Å². The lowest BCUT2D eigenvalue weighted by molar-refractivity contribution is 0.102. The highest BCUT2D eigenvalue weighted by Crippen LogP contribution is 2.30. The molecule has 1 amide bonds. The van der Waals surface area contributed by atoms with Crippen LogP contribution in [0.2, 0.25) is 0 Å². The number of fused-ring (bicyclic) bond motifs is 1. The molecule has 3 aromatic heterocycles. The molecule has 8 nitrogen and oxygen atoms in total. The molecule has 2 aromatic carbocycles. The number of aromatic amines is 1. The number of aromatic nitrogens is 5. The molecule has 5 rings (SSSR count). The number of hydrogen-bond donors (Lipinski definition) is 2. The van der Waals surface area contributed by atoms with Gasteiger partial charge in [-0.3, -0.25) is 9.89 Å². The van der Waals surface area contributed by atoms with E-state index in [2.05, 4.69) is 25.6 Å². The van der Waals surface area contributed by atoms with Gasteiger partial charge in [0.05, 0.1) is 11.9 Å². The average Bonchev–Trinajstić information content (AvgIpc) is 3.49. The molecule has 2 N–H and O–H groups in total. The first-order chi connectivity index (χ1) is 16.1. The Morgan fingerprint density at radius 3 is 2.64 bits per heavy atom. The Labute approximate surface area is 188 Å². The predicted molar refractivity (Wildman–Crippen MR) is 123 cm³/mol. The van der Waals surface area contributed by atoms with Crippen LogP contribution in [0.3, 0.4) is 0 Å². The monoisotopic (exact) mass is 441 g/mol. The van der Waals surface area contributed by atoms with Crippen molar-refractivity contribution in [2.24, 2.45) is 0 Å². The van der Waals surface area contributed by atoms with Crippen LogP contribution in [0.5, 0.6) is 0 Å². The van der Waals surface area contributed by atoms with Crippen molar-refractivity contribution < 1.29 is 9.18 Å². The van der Waals surface area contributed by atoms with Gasteiger partial charge < -0.3 is 10.2 Å². The van der Waals surface area contributed by atoms with E-state index >= 15 is 0 Å². The molecule has 0 radical (unpaired) electrons. The summed E-state index contributed by atoms with van der Waals surface area (Å²) in [6.45, 7) is 0.552. The number of H-pyrrole nitrogens is 1. The standard InChI is InChI=1S/C24H20FN7O/c1-31(15-16-5-3-2-4-6-16)22-21(24(33)29-19-9-7-18(25)8-10-19)30-32-20(11-12-26-23(22)32)17-13-27-28-14-17/h2-14H,15H2,1H3,(H,27,28)(H,29,33). The molecule has 0 atom stereocenters. The molecule has 0 aliphatic carbocycles. The number of benzene rings is 2. The van der Waals surface area contributed by atoms with Gasteiger partial charge in [0.2, 0.25) is 0 Å². The summed E-state index contributed by atoms with van der Waals surface area (Å²) < 4.78 is 14.9. The van der Waals surface area contributed by atoms with Crippen molar-refractivity contribution in [3.05, 3.63) is 96.3 Å². The van der Waals surface area contributed by atoms with Gasteiger partial charge in [-0.15, -0.1) is 0 Å². The van der Waals surface area contributed by atoms with E-state index in [-0.39, 0.29) is 11.5 Å². The third-order valence-electron chi connectivity index (χ3n) is 5.25. The van der Waals surface area contributed by atoms with E-state index in [0.29, 0.717) is 23.6 Å². The Kier molecular flexibility index (Phi) is 5.27. The minimum absolute atomic E-state index is 0.209. The molecule has 0 aliphatic rings. The quantitative estimate of drug-likeness (QED) is 0.413. The summed E-state index contributed by atoms with van der Waals surface area (Å²) in [5.74, 6) is -0.793. The van der Waals surface area contributed by atoms with Crippen LogP contribution >= 0.6 is 0 Å². The summed E-state index contributed by atoms with van der Waals surface area (Å²) in [6.07, 6.45) is 5.12. The van der Waals surface area contributed by atoms with Crippen molar-refractivity contribution in [2.45, 2.75) is 6.54 Å². The molecule has 0 saturated carbocycles. The Hall–Kier alpha value is -4.53. The van der Waals surface area contributed by atoms with Crippen LogP contribution in [-0.4, -0.2) is 37.8 Å². The second kappa shape index (κ2) is 8.54. The van der Waals surface area contributed by atoms with Gasteiger partial charge in [-0.1, -0.05) is 30.3 Å². The van der Waals surface area contributed by atoms with Gasteiger partial charge in [0.25, 0.3) is 5.91 Å². The molecule has 0 bridgehead atoms. The fraction of sp³-hybridized carbons (Fsp3) is 0.0833. The van der Waals surface area contributed by atoms with E-state index in [1.807, 2.05) is 48.3 Å². The first kappa shape index (κ1) is 20.4. The topological polar surface area (TPSA) is 91.2 Å². The van der Waals surface area contributed by atoms with Gasteiger partial charge in [-0.05, 0) is 35.9 Å². The molecule has 0 saturated heterocycles. The second-order valence-electron chi connectivity index (χ2n) is 7.55. The summed E-state index contributed by atoms with van der Waals surface area (Å²) in [4.78, 5) is 19.8. The lowest BCUT2D eigenvalue weighted by Crippen LogP contribution is -2.21. The second-order valence-corrected chi connectivity index (χ2v) is 7.55. The Bertz CT molecular complexity index is 1400. The highest BCUT2D eigenvalue weighted by molar-refractivity contribution is 6.09. The number of nitrogens with zero attached hydrogens (tertiary/aromatic N) is 5. The third-order valence-corrected chi connectivity index (χ3v) is 5.25. The van der Waals surface area contributed by atoms with Crippen molar-refractivity contribution in [2.75, 3.05) is 17.3 Å². The van der Waals surface area contributed by atoms with Gasteiger partial charge in [0.15, 0.2) is 11.3 Å². The highest BCUT2D eigenvalue weighted by Gasteiger charge is 2.25. The first-order valence-corrected chi connectivity index (χ1v) is 10.3. The van der Waals surface area contributed by atoms with E-state index in [0.717, 1.165) is 16.8 Å². The summed E-state index contributed by atoms with van der Waals surface area (Å²) in [5.41, 5.74) is 4.44. The molecule has 0 aliphatic heterocycles. The summed E-state index contributed by atoms with van der Waals surface area (Å²) >= 11 is 0. The molecule has 3 heterocycles. The summed E-state index contributed by atoms with van der Waals surface area (Å²) in [6, 6.07) is 17.3. The van der Waals surface area contributed by atoms with E-state index in [1.54, 1.807) is 23.1 Å². The van der Waals surface area contributed by atoms with Crippen LogP contribution < -0.4 is 10.2 Å². The molecule has 0 fully saturated rings. The Balaban J connectivity index is 1.61. The van der Waals surface area contributed by atoms with Gasteiger partial charge in [0.1, 0.15) is 11.5 Å². The van der Waals surface area contributed by atoms with Gasteiger partial charge in [-0.25, -0.2) is 13.9 Å². The first-order valence-electron chi connectivity index (χ1n) is 10.3. The number of amides is 1. The fourth-order valence-corrected chi connectivity index (χ4v) is 3.71. The maximum absolute atomic E-state index is 13.3. The van der Waals surface area contributed by atoms with Crippen molar-refractivity contribution in [3.8, 4) is 11.3 Å². The Morgan fingerprint density at radius 1 is 1.12 bits per heavy atom. The Morgan fingerprint density at radius 2 is 1.91 bits per heavy atom. The van der Waals surface area contributed by atoms with Crippen LogP contribution in [0, 0.1) is 5.82 Å². The average molecular weight is 441 g/mol. The zero-order valence-corrected chi connectivity index (χ0v) is 17.7. The molecule has 164 valence electrons. The van der Waals surface area contributed by atoms with Crippen LogP contribution in [0.15, 0.2) is 79.3 Å². The van der Waals surface area contributed by atoms with Gasteiger partial charge >= 0.3 is 0 Å². The number of halogens is 1. The maximum atomic E-state index is 13.3. The maximum Gasteiger partial charge on any atom is 0.278 e. The lowest BCUT2D eigenvalue weighted by atomic mass is 10.2. The number of nitrogens with one attached hydrogen (secondary N) is 2. The van der Waals surface area contributed by atoms with Crippen molar-refractivity contribution in [3.63, 3.8) is 0 Å². The van der Waals surface area contributed by atoms with Crippen LogP contribution in [0.4, 0.5) is 15.8 Å². The molecular weight excluding hydrogens is 421 g/mol. The summed E-state index contributed by atoms with van der Waals surface area (Å²) in [5, 5.41) is 14.2. The zero-order valence-electron chi connectivity index (χ0n) is 17.7. The molecule has 5 aromatic rings. The number of carbonyl (C=O) groups excluding carboxylic acids is 1. The van der Waals surface area contributed by atoms with E-state index in [9.17, 15) is 9.18 Å². The lowest BCUT2D eigenvalue weighted by Gasteiger charge is -2.19. The van der Waals surface area contributed by atoms with Crippen LogP contribution in [-0.2, 0) is 6.54 Å². The molecule has 0 spiro atoms. The van der Waals surface area contributed by atoms with Crippen molar-refractivity contribution in [1.29, 1.82) is 0 Å². The zero-order chi connectivity index (χ0) is 22.8. The van der Waals surface area contributed by atoms with Crippen LogP contribution in [0.25, 0.3) is 16.9 Å². The minimum atomic E-state index is -0.417. The van der Waals surface area contributed by atoms with E-state index < -0.39 is 5.91 Å². The number of rotatable bonds is 6. The van der Waals surface area contributed by atoms with Crippen molar-refractivity contribution >= 4 is 22.9 Å². The molecule has 0 unspecified atom stereocenters. The number of hydrogen-bond acceptors (Lipinski definition) is 5. The largest absolute Gasteiger partial charge is 0.365 e. The van der Waals surface area contributed by atoms with E-state index in [1.165, 1.54) is 24.3 Å². The minimum Gasteiger partial charge on any atom is -0.365 e. The van der Waals surface area contributed by atoms with E-state index in [4.69, 9.17) is 0 Å².